The third-order valence-corrected chi connectivity index (χ3v) is 4.81. The number of nitrogens with zero attached hydrogens (tertiary/aromatic N) is 1. The first-order valence-electron chi connectivity index (χ1n) is 9.03. The number of amides is 2. The van der Waals surface area contributed by atoms with E-state index in [1.54, 1.807) is 6.92 Å². The van der Waals surface area contributed by atoms with Crippen LogP contribution in [0.5, 0.6) is 0 Å². The Morgan fingerprint density at radius 3 is 2.54 bits per heavy atom. The topological polar surface area (TPSA) is 101 Å². The molecule has 0 aliphatic carbocycles. The molecule has 1 aliphatic heterocycles. The molecule has 1 aromatic rings. The van der Waals surface area contributed by atoms with Crippen molar-refractivity contribution in [2.45, 2.75) is 51.6 Å². The van der Waals surface area contributed by atoms with Gasteiger partial charge in [0.25, 0.3) is 0 Å². The summed E-state index contributed by atoms with van der Waals surface area (Å²) in [5, 5.41) is 2.88. The second kappa shape index (κ2) is 9.90. The Bertz CT molecular complexity index is 604. The average molecular weight is 383 g/mol. The minimum absolute atomic E-state index is 0. The summed E-state index contributed by atoms with van der Waals surface area (Å²) in [5.74, 6) is -0.421. The number of carbonyl (C=O) groups excluding carboxylic acids is 2. The lowest BCUT2D eigenvalue weighted by Gasteiger charge is -2.31. The number of piperidine rings is 1. The fourth-order valence-electron chi connectivity index (χ4n) is 3.29. The third kappa shape index (κ3) is 6.27. The maximum atomic E-state index is 12.2. The second-order valence-electron chi connectivity index (χ2n) is 7.30. The van der Waals surface area contributed by atoms with Gasteiger partial charge in [-0.15, -0.1) is 12.4 Å². The Balaban J connectivity index is 0.00000338. The molecule has 0 radical (unpaired) electrons. The van der Waals surface area contributed by atoms with Crippen LogP contribution in [0.4, 0.5) is 5.69 Å². The molecule has 5 N–H and O–H groups in total. The summed E-state index contributed by atoms with van der Waals surface area (Å²) in [4.78, 5) is 25.9. The van der Waals surface area contributed by atoms with Gasteiger partial charge in [-0.3, -0.25) is 14.5 Å². The smallest absolute Gasteiger partial charge is 0.244 e. The SMILES string of the molecule is CCCC(C)(N)C(=O)Nc1ccc(CN2CCCC(C(N)=O)C2)cc1.Cl. The van der Waals surface area contributed by atoms with Gasteiger partial charge in [-0.2, -0.15) is 0 Å². The molecule has 0 saturated carbocycles. The van der Waals surface area contributed by atoms with Crippen LogP contribution in [0.2, 0.25) is 0 Å². The van der Waals surface area contributed by atoms with Crippen molar-refractivity contribution in [3.8, 4) is 0 Å². The zero-order chi connectivity index (χ0) is 18.4. The zero-order valence-corrected chi connectivity index (χ0v) is 16.5. The third-order valence-electron chi connectivity index (χ3n) is 4.81. The number of benzene rings is 1. The zero-order valence-electron chi connectivity index (χ0n) is 15.7. The highest BCUT2D eigenvalue weighted by Crippen LogP contribution is 2.20. The van der Waals surface area contributed by atoms with Crippen LogP contribution < -0.4 is 16.8 Å². The van der Waals surface area contributed by atoms with Gasteiger partial charge in [0.15, 0.2) is 0 Å². The molecule has 2 rings (SSSR count). The predicted molar refractivity (Wildman–Crippen MR) is 107 cm³/mol. The van der Waals surface area contributed by atoms with Gasteiger partial charge in [0.05, 0.1) is 11.5 Å². The molecular weight excluding hydrogens is 352 g/mol. The van der Waals surface area contributed by atoms with Gasteiger partial charge in [0.2, 0.25) is 11.8 Å². The number of nitrogens with two attached hydrogens (primary N) is 2. The first-order valence-corrected chi connectivity index (χ1v) is 9.03. The first kappa shape index (κ1) is 22.4. The van der Waals surface area contributed by atoms with Crippen molar-refractivity contribution >= 4 is 29.9 Å². The molecule has 6 nitrogen and oxygen atoms in total. The summed E-state index contributed by atoms with van der Waals surface area (Å²) in [6.45, 7) is 6.24. The van der Waals surface area contributed by atoms with E-state index in [9.17, 15) is 9.59 Å². The number of halogens is 1. The molecular formula is C19H31ClN4O2. The number of likely N-dealkylation sites (tertiary alicyclic amines) is 1. The minimum Gasteiger partial charge on any atom is -0.369 e. The largest absolute Gasteiger partial charge is 0.369 e. The lowest BCUT2D eigenvalue weighted by atomic mass is 9.96. The molecule has 2 unspecified atom stereocenters. The lowest BCUT2D eigenvalue weighted by Crippen LogP contribution is -2.48. The van der Waals surface area contributed by atoms with Crippen molar-refractivity contribution in [1.82, 2.24) is 4.90 Å². The van der Waals surface area contributed by atoms with Crippen molar-refractivity contribution in [2.24, 2.45) is 17.4 Å². The van der Waals surface area contributed by atoms with Crippen molar-refractivity contribution in [2.75, 3.05) is 18.4 Å². The van der Waals surface area contributed by atoms with Crippen LogP contribution >= 0.6 is 12.4 Å². The summed E-state index contributed by atoms with van der Waals surface area (Å²) < 4.78 is 0. The van der Waals surface area contributed by atoms with Crippen LogP contribution in [0.1, 0.15) is 45.1 Å². The second-order valence-corrected chi connectivity index (χ2v) is 7.30. The summed E-state index contributed by atoms with van der Waals surface area (Å²) >= 11 is 0. The Hall–Kier alpha value is -1.63. The predicted octanol–water partition coefficient (Wildman–Crippen LogP) is 2.26. The number of hydrogen-bond acceptors (Lipinski definition) is 4. The maximum absolute atomic E-state index is 12.2. The number of nitrogens with one attached hydrogen (secondary N) is 1. The van der Waals surface area contributed by atoms with E-state index in [0.29, 0.717) is 6.42 Å². The van der Waals surface area contributed by atoms with Crippen LogP contribution in [0.15, 0.2) is 24.3 Å². The van der Waals surface area contributed by atoms with Gasteiger partial charge in [-0.25, -0.2) is 0 Å². The van der Waals surface area contributed by atoms with Crippen molar-refractivity contribution in [3.05, 3.63) is 29.8 Å². The van der Waals surface area contributed by atoms with E-state index in [0.717, 1.165) is 50.1 Å². The molecule has 0 spiro atoms. The van der Waals surface area contributed by atoms with Crippen LogP contribution in [0, 0.1) is 5.92 Å². The molecule has 1 saturated heterocycles. The maximum Gasteiger partial charge on any atom is 0.244 e. The molecule has 1 aromatic carbocycles. The Labute approximate surface area is 162 Å². The Kier molecular flexibility index (Phi) is 8.53. The molecule has 1 aliphatic rings. The van der Waals surface area contributed by atoms with Crippen molar-refractivity contribution < 1.29 is 9.59 Å². The molecule has 2 atom stereocenters. The minimum atomic E-state index is -0.856. The molecule has 7 heteroatoms. The number of rotatable bonds is 7. The number of carbonyl (C=O) groups is 2. The summed E-state index contributed by atoms with van der Waals surface area (Å²) in [5.41, 5.74) is 12.5. The van der Waals surface area contributed by atoms with Crippen molar-refractivity contribution in [3.63, 3.8) is 0 Å². The van der Waals surface area contributed by atoms with Crippen molar-refractivity contribution in [1.29, 1.82) is 0 Å². The Morgan fingerprint density at radius 1 is 1.31 bits per heavy atom. The fourth-order valence-corrected chi connectivity index (χ4v) is 3.29. The highest BCUT2D eigenvalue weighted by Gasteiger charge is 2.27. The quantitative estimate of drug-likeness (QED) is 0.673. The van der Waals surface area contributed by atoms with Gasteiger partial charge in [0, 0.05) is 18.8 Å². The van der Waals surface area contributed by atoms with Gasteiger partial charge < -0.3 is 16.8 Å². The van der Waals surface area contributed by atoms with Gasteiger partial charge in [-0.1, -0.05) is 25.5 Å². The molecule has 26 heavy (non-hydrogen) atoms. The summed E-state index contributed by atoms with van der Waals surface area (Å²) in [6, 6.07) is 7.78. The van der Waals surface area contributed by atoms with E-state index in [1.165, 1.54) is 0 Å². The summed E-state index contributed by atoms with van der Waals surface area (Å²) in [7, 11) is 0. The van der Waals surface area contributed by atoms with E-state index in [2.05, 4.69) is 10.2 Å². The Morgan fingerprint density at radius 2 is 1.96 bits per heavy atom. The van der Waals surface area contributed by atoms with Gasteiger partial charge in [0.1, 0.15) is 0 Å². The van der Waals surface area contributed by atoms with E-state index < -0.39 is 5.54 Å². The lowest BCUT2D eigenvalue weighted by molar-refractivity contribution is -0.123. The molecule has 1 fully saturated rings. The van der Waals surface area contributed by atoms with Gasteiger partial charge >= 0.3 is 0 Å². The molecule has 0 aromatic heterocycles. The molecule has 1 heterocycles. The summed E-state index contributed by atoms with van der Waals surface area (Å²) in [6.07, 6.45) is 3.38. The van der Waals surface area contributed by atoms with Crippen LogP contribution in [0.3, 0.4) is 0 Å². The van der Waals surface area contributed by atoms with Gasteiger partial charge in [-0.05, 0) is 50.4 Å². The van der Waals surface area contributed by atoms with E-state index in [-0.39, 0.29) is 30.1 Å². The highest BCUT2D eigenvalue weighted by molar-refractivity contribution is 5.97. The molecule has 2 amide bonds. The monoisotopic (exact) mass is 382 g/mol. The normalized spacial score (nSPS) is 19.9. The highest BCUT2D eigenvalue weighted by atomic mass is 35.5. The van der Waals surface area contributed by atoms with Crippen LogP contribution in [0.25, 0.3) is 0 Å². The van der Waals surface area contributed by atoms with E-state index >= 15 is 0 Å². The number of hydrogen-bond donors (Lipinski definition) is 3. The fraction of sp³-hybridized carbons (Fsp3) is 0.579. The first-order chi connectivity index (χ1) is 11.8. The van der Waals surface area contributed by atoms with Crippen LogP contribution in [-0.2, 0) is 16.1 Å². The average Bonchev–Trinajstić information content (AvgIpc) is 2.57. The number of anilines is 1. The number of primary amides is 1. The molecule has 0 bridgehead atoms. The van der Waals surface area contributed by atoms with Crippen LogP contribution in [-0.4, -0.2) is 35.3 Å². The van der Waals surface area contributed by atoms with E-state index in [4.69, 9.17) is 11.5 Å². The van der Waals surface area contributed by atoms with E-state index in [1.807, 2.05) is 31.2 Å². The molecule has 146 valence electrons. The standard InChI is InChI=1S/C19H30N4O2.ClH/c1-3-10-19(2,21)18(25)22-16-8-6-14(7-9-16)12-23-11-4-5-15(13-23)17(20)24;/h6-9,15H,3-5,10-13,21H2,1-2H3,(H2,20,24)(H,22,25);1H.